The SMILES string of the molecule is CCC(C)NS(=O)(=O)c1cc(CO)sc1Br. The second-order valence-electron chi connectivity index (χ2n) is 3.44. The summed E-state index contributed by atoms with van der Waals surface area (Å²) in [5, 5.41) is 8.94. The van der Waals surface area contributed by atoms with Crippen molar-refractivity contribution < 1.29 is 13.5 Å². The Morgan fingerprint density at radius 1 is 1.62 bits per heavy atom. The van der Waals surface area contributed by atoms with E-state index in [0.717, 1.165) is 6.42 Å². The van der Waals surface area contributed by atoms with E-state index in [1.807, 2.05) is 13.8 Å². The molecule has 7 heteroatoms. The van der Waals surface area contributed by atoms with Gasteiger partial charge in [-0.05, 0) is 35.3 Å². The van der Waals surface area contributed by atoms with Crippen molar-refractivity contribution in [3.05, 3.63) is 14.7 Å². The molecule has 1 rings (SSSR count). The lowest BCUT2D eigenvalue weighted by atomic mass is 10.3. The molecule has 1 unspecified atom stereocenters. The first-order valence-corrected chi connectivity index (χ1v) is 7.91. The topological polar surface area (TPSA) is 66.4 Å². The predicted octanol–water partition coefficient (Wildman–Crippen LogP) is 2.08. The van der Waals surface area contributed by atoms with Gasteiger partial charge in [0.15, 0.2) is 0 Å². The fourth-order valence-electron chi connectivity index (χ4n) is 1.07. The van der Waals surface area contributed by atoms with Gasteiger partial charge in [0.1, 0.15) is 4.90 Å². The molecular weight excluding hydrogens is 314 g/mol. The van der Waals surface area contributed by atoms with Gasteiger partial charge < -0.3 is 5.11 Å². The zero-order valence-corrected chi connectivity index (χ0v) is 12.2. The van der Waals surface area contributed by atoms with Crippen LogP contribution in [0.3, 0.4) is 0 Å². The molecule has 0 aliphatic carbocycles. The molecule has 0 saturated heterocycles. The van der Waals surface area contributed by atoms with E-state index in [4.69, 9.17) is 5.11 Å². The molecule has 0 bridgehead atoms. The first-order valence-electron chi connectivity index (χ1n) is 4.82. The fourth-order valence-corrected chi connectivity index (χ4v) is 4.94. The molecule has 16 heavy (non-hydrogen) atoms. The first kappa shape index (κ1) is 14.1. The smallest absolute Gasteiger partial charge is 0.242 e. The number of nitrogens with one attached hydrogen (secondary N) is 1. The third kappa shape index (κ3) is 3.27. The van der Waals surface area contributed by atoms with Gasteiger partial charge >= 0.3 is 0 Å². The molecule has 0 aromatic carbocycles. The van der Waals surface area contributed by atoms with Crippen molar-refractivity contribution in [1.82, 2.24) is 4.72 Å². The molecule has 1 heterocycles. The number of thiophene rings is 1. The lowest BCUT2D eigenvalue weighted by Gasteiger charge is -2.11. The highest BCUT2D eigenvalue weighted by Gasteiger charge is 2.22. The Bertz CT molecular complexity index is 455. The highest BCUT2D eigenvalue weighted by atomic mass is 79.9. The lowest BCUT2D eigenvalue weighted by Crippen LogP contribution is -2.31. The minimum atomic E-state index is -3.49. The average molecular weight is 328 g/mol. The molecule has 1 aromatic heterocycles. The van der Waals surface area contributed by atoms with Crippen LogP contribution in [0.25, 0.3) is 0 Å². The molecule has 2 N–H and O–H groups in total. The lowest BCUT2D eigenvalue weighted by molar-refractivity contribution is 0.285. The van der Waals surface area contributed by atoms with Gasteiger partial charge in [-0.3, -0.25) is 0 Å². The van der Waals surface area contributed by atoms with E-state index < -0.39 is 10.0 Å². The number of aliphatic hydroxyl groups is 1. The quantitative estimate of drug-likeness (QED) is 0.870. The normalized spacial score (nSPS) is 14.0. The summed E-state index contributed by atoms with van der Waals surface area (Å²) in [7, 11) is -3.49. The Hall–Kier alpha value is 0.0500. The zero-order chi connectivity index (χ0) is 12.3. The number of rotatable bonds is 5. The van der Waals surface area contributed by atoms with Gasteiger partial charge in [-0.25, -0.2) is 13.1 Å². The van der Waals surface area contributed by atoms with E-state index >= 15 is 0 Å². The minimum Gasteiger partial charge on any atom is -0.391 e. The van der Waals surface area contributed by atoms with Crippen LogP contribution in [-0.2, 0) is 16.6 Å². The van der Waals surface area contributed by atoms with Gasteiger partial charge in [0, 0.05) is 10.9 Å². The number of hydrogen-bond donors (Lipinski definition) is 2. The van der Waals surface area contributed by atoms with Crippen LogP contribution in [0.1, 0.15) is 25.1 Å². The van der Waals surface area contributed by atoms with Gasteiger partial charge in [-0.15, -0.1) is 11.3 Å². The second-order valence-corrected chi connectivity index (χ2v) is 7.58. The molecule has 4 nitrogen and oxygen atoms in total. The number of hydrogen-bond acceptors (Lipinski definition) is 4. The van der Waals surface area contributed by atoms with Gasteiger partial charge in [0.2, 0.25) is 10.0 Å². The molecular formula is C9H14BrNO3S2. The minimum absolute atomic E-state index is 0.102. The molecule has 0 radical (unpaired) electrons. The Labute approximate surface area is 108 Å². The standard InChI is InChI=1S/C9H14BrNO3S2/c1-3-6(2)11-16(13,14)8-4-7(5-12)15-9(8)10/h4,6,11-12H,3,5H2,1-2H3. The Morgan fingerprint density at radius 3 is 2.69 bits per heavy atom. The average Bonchev–Trinajstić information content (AvgIpc) is 2.59. The first-order chi connectivity index (χ1) is 7.40. The molecule has 0 saturated carbocycles. The van der Waals surface area contributed by atoms with E-state index in [2.05, 4.69) is 20.7 Å². The van der Waals surface area contributed by atoms with Crippen molar-refractivity contribution in [2.75, 3.05) is 0 Å². The van der Waals surface area contributed by atoms with Crippen molar-refractivity contribution >= 4 is 37.3 Å². The molecule has 1 aromatic rings. The Balaban J connectivity index is 3.02. The maximum absolute atomic E-state index is 11.9. The van der Waals surface area contributed by atoms with Crippen LogP contribution in [0.2, 0.25) is 0 Å². The summed E-state index contributed by atoms with van der Waals surface area (Å²) in [6, 6.07) is 1.38. The molecule has 1 atom stereocenters. The van der Waals surface area contributed by atoms with Crippen molar-refractivity contribution in [1.29, 1.82) is 0 Å². The monoisotopic (exact) mass is 327 g/mol. The van der Waals surface area contributed by atoms with E-state index in [1.165, 1.54) is 17.4 Å². The van der Waals surface area contributed by atoms with E-state index in [-0.39, 0.29) is 17.5 Å². The van der Waals surface area contributed by atoms with Crippen LogP contribution in [-0.4, -0.2) is 19.6 Å². The molecule has 0 spiro atoms. The second kappa shape index (κ2) is 5.59. The third-order valence-electron chi connectivity index (χ3n) is 2.12. The van der Waals surface area contributed by atoms with E-state index in [0.29, 0.717) is 8.66 Å². The van der Waals surface area contributed by atoms with Crippen LogP contribution in [0, 0.1) is 0 Å². The summed E-state index contributed by atoms with van der Waals surface area (Å²) in [4.78, 5) is 0.818. The molecule has 0 amide bonds. The van der Waals surface area contributed by atoms with Crippen LogP contribution in [0.15, 0.2) is 14.7 Å². The van der Waals surface area contributed by atoms with Gasteiger partial charge in [-0.2, -0.15) is 0 Å². The summed E-state index contributed by atoms with van der Waals surface area (Å²) in [5.41, 5.74) is 0. The van der Waals surface area contributed by atoms with E-state index in [1.54, 1.807) is 0 Å². The van der Waals surface area contributed by atoms with Crippen molar-refractivity contribution in [3.8, 4) is 0 Å². The predicted molar refractivity (Wildman–Crippen MR) is 68.0 cm³/mol. The van der Waals surface area contributed by atoms with E-state index in [9.17, 15) is 8.42 Å². The van der Waals surface area contributed by atoms with Crippen molar-refractivity contribution in [2.24, 2.45) is 0 Å². The Morgan fingerprint density at radius 2 is 2.25 bits per heavy atom. The summed E-state index contributed by atoms with van der Waals surface area (Å²) >= 11 is 4.42. The van der Waals surface area contributed by atoms with Crippen LogP contribution >= 0.6 is 27.3 Å². The van der Waals surface area contributed by atoms with Crippen molar-refractivity contribution in [3.63, 3.8) is 0 Å². The summed E-state index contributed by atoms with van der Waals surface area (Å²) in [6.07, 6.45) is 0.730. The highest BCUT2D eigenvalue weighted by molar-refractivity contribution is 9.11. The third-order valence-corrected chi connectivity index (χ3v) is 5.95. The number of aliphatic hydroxyl groups excluding tert-OH is 1. The van der Waals surface area contributed by atoms with Gasteiger partial charge in [-0.1, -0.05) is 6.92 Å². The maximum Gasteiger partial charge on any atom is 0.242 e. The number of halogens is 1. The van der Waals surface area contributed by atoms with Gasteiger partial charge in [0.25, 0.3) is 0 Å². The van der Waals surface area contributed by atoms with Gasteiger partial charge in [0.05, 0.1) is 10.4 Å². The fraction of sp³-hybridized carbons (Fsp3) is 0.556. The summed E-state index contributed by atoms with van der Waals surface area (Å²) < 4.78 is 27.0. The zero-order valence-electron chi connectivity index (χ0n) is 9.03. The molecule has 0 aliphatic heterocycles. The number of sulfonamides is 1. The summed E-state index contributed by atoms with van der Waals surface area (Å²) in [5.74, 6) is 0. The van der Waals surface area contributed by atoms with Crippen LogP contribution < -0.4 is 4.72 Å². The highest BCUT2D eigenvalue weighted by Crippen LogP contribution is 2.31. The largest absolute Gasteiger partial charge is 0.391 e. The van der Waals surface area contributed by atoms with Crippen LogP contribution in [0.4, 0.5) is 0 Å². The van der Waals surface area contributed by atoms with Crippen LogP contribution in [0.5, 0.6) is 0 Å². The molecule has 0 aliphatic rings. The Kier molecular flexibility index (Phi) is 4.93. The van der Waals surface area contributed by atoms with Crippen molar-refractivity contribution in [2.45, 2.75) is 37.8 Å². The molecule has 92 valence electrons. The maximum atomic E-state index is 11.9. The molecule has 0 fully saturated rings. The summed E-state index contributed by atoms with van der Waals surface area (Å²) in [6.45, 7) is 3.57.